The lowest BCUT2D eigenvalue weighted by Crippen LogP contribution is -2.26. The number of aromatic nitrogens is 1. The van der Waals surface area contributed by atoms with Crippen molar-refractivity contribution in [2.45, 2.75) is 25.8 Å². The van der Waals surface area contributed by atoms with Gasteiger partial charge in [0.15, 0.2) is 0 Å². The molecule has 104 valence electrons. The van der Waals surface area contributed by atoms with Crippen molar-refractivity contribution >= 4 is 5.91 Å². The van der Waals surface area contributed by atoms with Crippen molar-refractivity contribution in [3.8, 4) is 0 Å². The minimum absolute atomic E-state index is 0.0930. The number of amides is 1. The van der Waals surface area contributed by atoms with E-state index < -0.39 is 0 Å². The Kier molecular flexibility index (Phi) is 4.82. The van der Waals surface area contributed by atoms with Gasteiger partial charge in [0, 0.05) is 18.8 Å². The fourth-order valence-corrected chi connectivity index (χ4v) is 1.98. The summed E-state index contributed by atoms with van der Waals surface area (Å²) >= 11 is 0. The minimum Gasteiger partial charge on any atom is -0.350 e. The van der Waals surface area contributed by atoms with Crippen molar-refractivity contribution in [3.63, 3.8) is 0 Å². The molecule has 2 aromatic rings. The third-order valence-electron chi connectivity index (χ3n) is 3.14. The van der Waals surface area contributed by atoms with Crippen molar-refractivity contribution in [3.05, 3.63) is 65.7 Å². The van der Waals surface area contributed by atoms with Crippen LogP contribution in [0.25, 0.3) is 0 Å². The smallest absolute Gasteiger partial charge is 0.220 e. The monoisotopic (exact) mass is 272 g/mol. The average Bonchev–Trinajstić information content (AvgIpc) is 2.47. The van der Waals surface area contributed by atoms with E-state index in [4.69, 9.17) is 0 Å². The Bertz CT molecular complexity index is 572. The third-order valence-corrected chi connectivity index (χ3v) is 3.14. The van der Waals surface area contributed by atoms with E-state index in [0.717, 1.165) is 5.56 Å². The number of halogens is 1. The Balaban J connectivity index is 1.86. The SMILES string of the molecule is CC(NC(=O)CCc1ccccc1F)c1cccnc1. The van der Waals surface area contributed by atoms with E-state index in [2.05, 4.69) is 10.3 Å². The van der Waals surface area contributed by atoms with Crippen LogP contribution in [0.2, 0.25) is 0 Å². The van der Waals surface area contributed by atoms with E-state index >= 15 is 0 Å². The van der Waals surface area contributed by atoms with Crippen LogP contribution in [-0.2, 0) is 11.2 Å². The van der Waals surface area contributed by atoms with Crippen molar-refractivity contribution in [1.82, 2.24) is 10.3 Å². The maximum Gasteiger partial charge on any atom is 0.220 e. The van der Waals surface area contributed by atoms with Crippen molar-refractivity contribution in [1.29, 1.82) is 0 Å². The third kappa shape index (κ3) is 3.88. The highest BCUT2D eigenvalue weighted by atomic mass is 19.1. The van der Waals surface area contributed by atoms with Gasteiger partial charge in [0.25, 0.3) is 0 Å². The first-order valence-electron chi connectivity index (χ1n) is 6.59. The molecule has 1 atom stereocenters. The standard InChI is InChI=1S/C16H17FN2O/c1-12(14-6-4-10-18-11-14)19-16(20)9-8-13-5-2-3-7-15(13)17/h2-7,10-12H,8-9H2,1H3,(H,19,20). The van der Waals surface area contributed by atoms with Crippen molar-refractivity contribution in [2.24, 2.45) is 0 Å². The van der Waals surface area contributed by atoms with E-state index in [1.165, 1.54) is 6.07 Å². The topological polar surface area (TPSA) is 42.0 Å². The van der Waals surface area contributed by atoms with Crippen molar-refractivity contribution in [2.75, 3.05) is 0 Å². The fraction of sp³-hybridized carbons (Fsp3) is 0.250. The molecule has 1 aromatic heterocycles. The molecule has 2 rings (SSSR count). The zero-order chi connectivity index (χ0) is 14.4. The first kappa shape index (κ1) is 14.2. The lowest BCUT2D eigenvalue weighted by atomic mass is 10.1. The van der Waals surface area contributed by atoms with E-state index in [9.17, 15) is 9.18 Å². The molecule has 0 saturated heterocycles. The molecule has 0 bridgehead atoms. The van der Waals surface area contributed by atoms with Gasteiger partial charge in [0.05, 0.1) is 6.04 Å². The van der Waals surface area contributed by atoms with Gasteiger partial charge < -0.3 is 5.32 Å². The second-order valence-electron chi connectivity index (χ2n) is 4.67. The van der Waals surface area contributed by atoms with Gasteiger partial charge in [-0.25, -0.2) is 4.39 Å². The van der Waals surface area contributed by atoms with Crippen molar-refractivity contribution < 1.29 is 9.18 Å². The number of nitrogens with one attached hydrogen (secondary N) is 1. The first-order chi connectivity index (χ1) is 9.66. The molecule has 0 aliphatic heterocycles. The van der Waals surface area contributed by atoms with E-state index in [-0.39, 0.29) is 24.2 Å². The summed E-state index contributed by atoms with van der Waals surface area (Å²) < 4.78 is 13.4. The molecule has 3 nitrogen and oxygen atoms in total. The highest BCUT2D eigenvalue weighted by Gasteiger charge is 2.10. The zero-order valence-electron chi connectivity index (χ0n) is 11.3. The van der Waals surface area contributed by atoms with Gasteiger partial charge >= 0.3 is 0 Å². The summed E-state index contributed by atoms with van der Waals surface area (Å²) in [5.74, 6) is -0.356. The number of carbonyl (C=O) groups excluding carboxylic acids is 1. The van der Waals surface area contributed by atoms with Gasteiger partial charge in [-0.05, 0) is 36.6 Å². The maximum atomic E-state index is 13.4. The van der Waals surface area contributed by atoms with E-state index in [1.807, 2.05) is 19.1 Å². The van der Waals surface area contributed by atoms with Crippen LogP contribution in [0.4, 0.5) is 4.39 Å². The Morgan fingerprint density at radius 3 is 2.80 bits per heavy atom. The van der Waals surface area contributed by atoms with Crippen LogP contribution in [0.5, 0.6) is 0 Å². The van der Waals surface area contributed by atoms with Gasteiger partial charge in [0.1, 0.15) is 5.82 Å². The lowest BCUT2D eigenvalue weighted by molar-refractivity contribution is -0.121. The number of carbonyl (C=O) groups is 1. The zero-order valence-corrected chi connectivity index (χ0v) is 11.3. The molecule has 0 fully saturated rings. The quantitative estimate of drug-likeness (QED) is 0.909. The van der Waals surface area contributed by atoms with Gasteiger partial charge in [-0.3, -0.25) is 9.78 Å². The van der Waals surface area contributed by atoms with Gasteiger partial charge in [-0.15, -0.1) is 0 Å². The minimum atomic E-state index is -0.263. The average molecular weight is 272 g/mol. The van der Waals surface area contributed by atoms with Gasteiger partial charge in [0.2, 0.25) is 5.91 Å². The lowest BCUT2D eigenvalue weighted by Gasteiger charge is -2.13. The van der Waals surface area contributed by atoms with Crippen LogP contribution in [0, 0.1) is 5.82 Å². The summed E-state index contributed by atoms with van der Waals surface area (Å²) in [6, 6.07) is 10.2. The Morgan fingerprint density at radius 2 is 2.10 bits per heavy atom. The maximum absolute atomic E-state index is 13.4. The van der Waals surface area contributed by atoms with Crippen LogP contribution in [0.3, 0.4) is 0 Å². The summed E-state index contributed by atoms with van der Waals surface area (Å²) in [5, 5.41) is 2.88. The molecule has 1 unspecified atom stereocenters. The molecule has 0 aliphatic carbocycles. The second kappa shape index (κ2) is 6.80. The molecule has 1 amide bonds. The molecule has 20 heavy (non-hydrogen) atoms. The molecule has 0 spiro atoms. The summed E-state index contributed by atoms with van der Waals surface area (Å²) in [4.78, 5) is 15.9. The number of hydrogen-bond donors (Lipinski definition) is 1. The molecule has 4 heteroatoms. The number of aryl methyl sites for hydroxylation is 1. The molecule has 0 saturated carbocycles. The highest BCUT2D eigenvalue weighted by molar-refractivity contribution is 5.76. The molecule has 1 heterocycles. The van der Waals surface area contributed by atoms with Crippen LogP contribution >= 0.6 is 0 Å². The van der Waals surface area contributed by atoms with Gasteiger partial charge in [-0.2, -0.15) is 0 Å². The summed E-state index contributed by atoms with van der Waals surface area (Å²) in [7, 11) is 0. The Labute approximate surface area is 117 Å². The normalized spacial score (nSPS) is 11.9. The molecule has 0 radical (unpaired) electrons. The van der Waals surface area contributed by atoms with Gasteiger partial charge in [-0.1, -0.05) is 24.3 Å². The number of rotatable bonds is 5. The fourth-order valence-electron chi connectivity index (χ4n) is 1.98. The number of benzene rings is 1. The highest BCUT2D eigenvalue weighted by Crippen LogP contribution is 2.12. The first-order valence-corrected chi connectivity index (χ1v) is 6.59. The molecule has 0 aliphatic rings. The molecular weight excluding hydrogens is 255 g/mol. The van der Waals surface area contributed by atoms with E-state index in [0.29, 0.717) is 12.0 Å². The van der Waals surface area contributed by atoms with E-state index in [1.54, 1.807) is 30.6 Å². The molecular formula is C16H17FN2O. The van der Waals surface area contributed by atoms with Crippen LogP contribution in [0.15, 0.2) is 48.8 Å². The molecule has 1 aromatic carbocycles. The summed E-state index contributed by atoms with van der Waals surface area (Å²) in [5.41, 5.74) is 1.52. The Hall–Kier alpha value is -2.23. The summed E-state index contributed by atoms with van der Waals surface area (Å²) in [6.07, 6.45) is 4.09. The van der Waals surface area contributed by atoms with Crippen LogP contribution in [-0.4, -0.2) is 10.9 Å². The number of nitrogens with zero attached hydrogens (tertiary/aromatic N) is 1. The Morgan fingerprint density at radius 1 is 1.30 bits per heavy atom. The van der Waals surface area contributed by atoms with Crippen LogP contribution < -0.4 is 5.32 Å². The predicted molar refractivity (Wildman–Crippen MR) is 75.5 cm³/mol. The molecule has 1 N–H and O–H groups in total. The summed E-state index contributed by atoms with van der Waals surface area (Å²) in [6.45, 7) is 1.90. The number of pyridine rings is 1. The number of hydrogen-bond acceptors (Lipinski definition) is 2. The second-order valence-corrected chi connectivity index (χ2v) is 4.67. The predicted octanol–water partition coefficient (Wildman–Crippen LogP) is 3.03. The van der Waals surface area contributed by atoms with Crippen LogP contribution in [0.1, 0.15) is 30.5 Å². The largest absolute Gasteiger partial charge is 0.350 e.